The van der Waals surface area contributed by atoms with E-state index in [2.05, 4.69) is 5.32 Å². The first kappa shape index (κ1) is 14.1. The molecule has 0 amide bonds. The molecule has 6 heteroatoms. The minimum atomic E-state index is -4.22. The van der Waals surface area contributed by atoms with E-state index < -0.39 is 19.2 Å². The zero-order valence-electron chi connectivity index (χ0n) is 9.27. The van der Waals surface area contributed by atoms with E-state index in [1.807, 2.05) is 0 Å². The van der Waals surface area contributed by atoms with E-state index in [4.69, 9.17) is 16.3 Å². The van der Waals surface area contributed by atoms with Gasteiger partial charge >= 0.3 is 6.18 Å². The van der Waals surface area contributed by atoms with Gasteiger partial charge in [-0.1, -0.05) is 23.7 Å². The number of nitrogens with one attached hydrogen (secondary N) is 1. The monoisotopic (exact) mass is 267 g/mol. The van der Waals surface area contributed by atoms with Gasteiger partial charge in [0.1, 0.15) is 5.75 Å². The lowest BCUT2D eigenvalue weighted by atomic mass is 10.2. The number of hydrogen-bond donors (Lipinski definition) is 1. The van der Waals surface area contributed by atoms with Crippen LogP contribution in [0.1, 0.15) is 12.0 Å². The SMILES string of the molecule is CNCc1cccc(Cl)c1OCCC(F)(F)F. The van der Waals surface area contributed by atoms with Gasteiger partial charge in [-0.3, -0.25) is 0 Å². The number of rotatable bonds is 5. The van der Waals surface area contributed by atoms with Gasteiger partial charge in [0.25, 0.3) is 0 Å². The van der Waals surface area contributed by atoms with Gasteiger partial charge in [0.05, 0.1) is 18.1 Å². The molecule has 0 atom stereocenters. The van der Waals surface area contributed by atoms with Crippen LogP contribution in [0.3, 0.4) is 0 Å². The molecule has 0 radical (unpaired) electrons. The Labute approximate surface area is 103 Å². The second-order valence-electron chi connectivity index (χ2n) is 3.47. The third-order valence-electron chi connectivity index (χ3n) is 2.05. The molecule has 0 bridgehead atoms. The second kappa shape index (κ2) is 6.12. The van der Waals surface area contributed by atoms with E-state index in [-0.39, 0.29) is 0 Å². The van der Waals surface area contributed by atoms with E-state index in [0.717, 1.165) is 5.56 Å². The molecule has 0 aromatic heterocycles. The number of benzene rings is 1. The topological polar surface area (TPSA) is 21.3 Å². The van der Waals surface area contributed by atoms with E-state index in [0.29, 0.717) is 17.3 Å². The number of ether oxygens (including phenoxy) is 1. The van der Waals surface area contributed by atoms with Gasteiger partial charge in [0.2, 0.25) is 0 Å². The van der Waals surface area contributed by atoms with E-state index in [1.165, 1.54) is 0 Å². The normalized spacial score (nSPS) is 11.6. The molecule has 0 unspecified atom stereocenters. The number of alkyl halides is 3. The van der Waals surface area contributed by atoms with Gasteiger partial charge in [0.15, 0.2) is 0 Å². The minimum absolute atomic E-state index is 0.313. The summed E-state index contributed by atoms with van der Waals surface area (Å²) < 4.78 is 41.1. The Bertz CT molecular complexity index is 368. The first-order valence-electron chi connectivity index (χ1n) is 5.05. The van der Waals surface area contributed by atoms with Crippen molar-refractivity contribution in [1.29, 1.82) is 0 Å². The number of hydrogen-bond acceptors (Lipinski definition) is 2. The van der Waals surface area contributed by atoms with Gasteiger partial charge < -0.3 is 10.1 Å². The van der Waals surface area contributed by atoms with Crippen LogP contribution in [0.15, 0.2) is 18.2 Å². The van der Waals surface area contributed by atoms with Crippen molar-refractivity contribution in [2.75, 3.05) is 13.7 Å². The van der Waals surface area contributed by atoms with Crippen molar-refractivity contribution in [1.82, 2.24) is 5.32 Å². The molecule has 2 nitrogen and oxygen atoms in total. The van der Waals surface area contributed by atoms with Crippen LogP contribution in [0.5, 0.6) is 5.75 Å². The van der Waals surface area contributed by atoms with Gasteiger partial charge in [-0.15, -0.1) is 0 Å². The molecule has 0 aliphatic rings. The fourth-order valence-corrected chi connectivity index (χ4v) is 1.56. The van der Waals surface area contributed by atoms with Crippen LogP contribution in [0.2, 0.25) is 5.02 Å². The van der Waals surface area contributed by atoms with Crippen LogP contribution >= 0.6 is 11.6 Å². The van der Waals surface area contributed by atoms with Crippen molar-refractivity contribution < 1.29 is 17.9 Å². The predicted octanol–water partition coefficient (Wildman–Crippen LogP) is 3.39. The van der Waals surface area contributed by atoms with Crippen LogP contribution in [0, 0.1) is 0 Å². The summed E-state index contributed by atoms with van der Waals surface area (Å²) >= 11 is 5.88. The Balaban J connectivity index is 2.68. The highest BCUT2D eigenvalue weighted by Crippen LogP contribution is 2.29. The molecule has 0 saturated carbocycles. The quantitative estimate of drug-likeness (QED) is 0.883. The molecule has 1 aromatic rings. The number of para-hydroxylation sites is 1. The summed E-state index contributed by atoms with van der Waals surface area (Å²) in [5.74, 6) is 0.313. The van der Waals surface area contributed by atoms with Crippen molar-refractivity contribution >= 4 is 11.6 Å². The standard InChI is InChI=1S/C11H13ClF3NO/c1-16-7-8-3-2-4-9(12)10(8)17-6-5-11(13,14)15/h2-4,16H,5-7H2,1H3. The summed E-state index contributed by atoms with van der Waals surface area (Å²) in [6.45, 7) is 0.0614. The average molecular weight is 268 g/mol. The lowest BCUT2D eigenvalue weighted by molar-refractivity contribution is -0.139. The highest BCUT2D eigenvalue weighted by molar-refractivity contribution is 6.32. The fourth-order valence-electron chi connectivity index (χ4n) is 1.31. The number of halogens is 4. The minimum Gasteiger partial charge on any atom is -0.491 e. The lowest BCUT2D eigenvalue weighted by Crippen LogP contribution is -2.14. The molecule has 0 aliphatic carbocycles. The summed E-state index contributed by atoms with van der Waals surface area (Å²) in [5, 5.41) is 3.22. The molecular formula is C11H13ClF3NO. The zero-order chi connectivity index (χ0) is 12.9. The molecule has 1 aromatic carbocycles. The second-order valence-corrected chi connectivity index (χ2v) is 3.88. The summed E-state index contributed by atoms with van der Waals surface area (Å²) in [7, 11) is 1.74. The molecular weight excluding hydrogens is 255 g/mol. The third kappa shape index (κ3) is 4.83. The van der Waals surface area contributed by atoms with Crippen molar-refractivity contribution in [3.05, 3.63) is 28.8 Å². The van der Waals surface area contributed by atoms with Crippen LogP contribution in [-0.2, 0) is 6.54 Å². The van der Waals surface area contributed by atoms with E-state index >= 15 is 0 Å². The summed E-state index contributed by atoms with van der Waals surface area (Å²) in [5.41, 5.74) is 0.738. The van der Waals surface area contributed by atoms with Crippen molar-refractivity contribution in [3.8, 4) is 5.75 Å². The van der Waals surface area contributed by atoms with E-state index in [1.54, 1.807) is 25.2 Å². The lowest BCUT2D eigenvalue weighted by Gasteiger charge is -2.13. The molecule has 0 spiro atoms. The molecule has 17 heavy (non-hydrogen) atoms. The molecule has 0 saturated heterocycles. The molecule has 0 heterocycles. The van der Waals surface area contributed by atoms with Crippen molar-refractivity contribution in [2.24, 2.45) is 0 Å². The Morgan fingerprint density at radius 3 is 2.65 bits per heavy atom. The van der Waals surface area contributed by atoms with Gasteiger partial charge in [-0.2, -0.15) is 13.2 Å². The highest BCUT2D eigenvalue weighted by Gasteiger charge is 2.27. The summed E-state index contributed by atoms with van der Waals surface area (Å²) in [4.78, 5) is 0. The largest absolute Gasteiger partial charge is 0.491 e. The van der Waals surface area contributed by atoms with E-state index in [9.17, 15) is 13.2 Å². The molecule has 0 fully saturated rings. The molecule has 1 rings (SSSR count). The van der Waals surface area contributed by atoms with Gasteiger partial charge in [-0.05, 0) is 13.1 Å². The molecule has 1 N–H and O–H groups in total. The van der Waals surface area contributed by atoms with Gasteiger partial charge in [0, 0.05) is 12.1 Å². The van der Waals surface area contributed by atoms with Crippen LogP contribution in [0.4, 0.5) is 13.2 Å². The maximum atomic E-state index is 12.0. The van der Waals surface area contributed by atoms with Crippen molar-refractivity contribution in [2.45, 2.75) is 19.1 Å². The van der Waals surface area contributed by atoms with Crippen molar-refractivity contribution in [3.63, 3.8) is 0 Å². The maximum Gasteiger partial charge on any atom is 0.392 e. The first-order valence-corrected chi connectivity index (χ1v) is 5.43. The predicted molar refractivity (Wildman–Crippen MR) is 60.4 cm³/mol. The Morgan fingerprint density at radius 1 is 1.35 bits per heavy atom. The highest BCUT2D eigenvalue weighted by atomic mass is 35.5. The molecule has 0 aliphatic heterocycles. The van der Waals surface area contributed by atoms with Gasteiger partial charge in [-0.25, -0.2) is 0 Å². The summed E-state index contributed by atoms with van der Waals surface area (Å²) in [6.07, 6.45) is -5.21. The summed E-state index contributed by atoms with van der Waals surface area (Å²) in [6, 6.07) is 5.07. The Morgan fingerprint density at radius 2 is 2.06 bits per heavy atom. The van der Waals surface area contributed by atoms with Crippen LogP contribution < -0.4 is 10.1 Å². The fraction of sp³-hybridized carbons (Fsp3) is 0.455. The zero-order valence-corrected chi connectivity index (χ0v) is 10.0. The first-order chi connectivity index (χ1) is 7.94. The average Bonchev–Trinajstić information content (AvgIpc) is 2.21. The van der Waals surface area contributed by atoms with Crippen LogP contribution in [-0.4, -0.2) is 19.8 Å². The van der Waals surface area contributed by atoms with Crippen LogP contribution in [0.25, 0.3) is 0 Å². The smallest absolute Gasteiger partial charge is 0.392 e. The Kier molecular flexibility index (Phi) is 5.08. The molecule has 96 valence electrons. The third-order valence-corrected chi connectivity index (χ3v) is 2.35. The maximum absolute atomic E-state index is 12.0. The Hall–Kier alpha value is -0.940.